The number of methoxy groups -OCH3 is 2. The van der Waals surface area contributed by atoms with E-state index in [1.54, 1.807) is 14.2 Å². The Hall–Kier alpha value is -2.49. The number of nitrogens with one attached hydrogen (secondary N) is 1. The first-order valence-corrected chi connectivity index (χ1v) is 8.58. The summed E-state index contributed by atoms with van der Waals surface area (Å²) in [6, 6.07) is 15.6. The van der Waals surface area contributed by atoms with E-state index in [-0.39, 0.29) is 18.4 Å². The van der Waals surface area contributed by atoms with Crippen LogP contribution in [0.5, 0.6) is 11.5 Å². The minimum absolute atomic E-state index is 0.00491. The predicted molar refractivity (Wildman–Crippen MR) is 100 cm³/mol. The lowest BCUT2D eigenvalue weighted by Crippen LogP contribution is -2.30. The van der Waals surface area contributed by atoms with Crippen molar-refractivity contribution in [2.24, 2.45) is 5.92 Å². The molecule has 0 saturated carbocycles. The largest absolute Gasteiger partial charge is 0.497 e. The van der Waals surface area contributed by atoms with Crippen LogP contribution in [0.4, 0.5) is 0 Å². The quantitative estimate of drug-likeness (QED) is 0.784. The standard InChI is InChI=1S/C21H27NO3/c1-15(2)12-19(16-8-6-5-7-9-16)22-21(23)14-17-13-18(24-3)10-11-20(17)25-4/h5-11,13,15,19H,12,14H2,1-4H3,(H,22,23). The van der Waals surface area contributed by atoms with Gasteiger partial charge in [0.15, 0.2) is 0 Å². The molecule has 0 saturated heterocycles. The molecule has 0 spiro atoms. The molecule has 1 amide bonds. The molecule has 0 radical (unpaired) electrons. The van der Waals surface area contributed by atoms with Gasteiger partial charge < -0.3 is 14.8 Å². The van der Waals surface area contributed by atoms with E-state index in [9.17, 15) is 4.79 Å². The summed E-state index contributed by atoms with van der Waals surface area (Å²) in [4.78, 5) is 12.6. The van der Waals surface area contributed by atoms with Crippen molar-refractivity contribution in [1.29, 1.82) is 0 Å². The number of hydrogen-bond acceptors (Lipinski definition) is 3. The molecule has 4 nitrogen and oxygen atoms in total. The van der Waals surface area contributed by atoms with Gasteiger partial charge in [-0.05, 0) is 36.1 Å². The summed E-state index contributed by atoms with van der Waals surface area (Å²) in [7, 11) is 3.22. The average molecular weight is 341 g/mol. The van der Waals surface area contributed by atoms with Gasteiger partial charge in [-0.25, -0.2) is 0 Å². The molecule has 4 heteroatoms. The van der Waals surface area contributed by atoms with Crippen LogP contribution in [-0.2, 0) is 11.2 Å². The summed E-state index contributed by atoms with van der Waals surface area (Å²) in [6.07, 6.45) is 1.15. The molecule has 0 aliphatic carbocycles. The van der Waals surface area contributed by atoms with Gasteiger partial charge >= 0.3 is 0 Å². The minimum atomic E-state index is -0.0268. The second kappa shape index (κ2) is 9.11. The Morgan fingerprint density at radius 1 is 1.04 bits per heavy atom. The fourth-order valence-electron chi connectivity index (χ4n) is 2.87. The number of ether oxygens (including phenoxy) is 2. The molecular weight excluding hydrogens is 314 g/mol. The van der Waals surface area contributed by atoms with Gasteiger partial charge in [0.1, 0.15) is 11.5 Å². The third-order valence-corrected chi connectivity index (χ3v) is 4.08. The Morgan fingerprint density at radius 2 is 1.76 bits per heavy atom. The Kier molecular flexibility index (Phi) is 6.87. The smallest absolute Gasteiger partial charge is 0.225 e. The van der Waals surface area contributed by atoms with Gasteiger partial charge in [0.05, 0.1) is 26.7 Å². The van der Waals surface area contributed by atoms with Gasteiger partial charge in [-0.15, -0.1) is 0 Å². The zero-order chi connectivity index (χ0) is 18.2. The molecule has 134 valence electrons. The fraction of sp³-hybridized carbons (Fsp3) is 0.381. The molecule has 0 aliphatic rings. The molecule has 1 atom stereocenters. The maximum Gasteiger partial charge on any atom is 0.225 e. The van der Waals surface area contributed by atoms with E-state index in [4.69, 9.17) is 9.47 Å². The summed E-state index contributed by atoms with van der Waals surface area (Å²) < 4.78 is 10.6. The highest BCUT2D eigenvalue weighted by Crippen LogP contribution is 2.25. The molecule has 2 aromatic rings. The molecule has 0 aliphatic heterocycles. The van der Waals surface area contributed by atoms with E-state index < -0.39 is 0 Å². The number of rotatable bonds is 8. The van der Waals surface area contributed by atoms with Crippen LogP contribution in [0.25, 0.3) is 0 Å². The van der Waals surface area contributed by atoms with Crippen molar-refractivity contribution in [2.75, 3.05) is 14.2 Å². The predicted octanol–water partition coefficient (Wildman–Crippen LogP) is 4.15. The second-order valence-electron chi connectivity index (χ2n) is 6.51. The van der Waals surface area contributed by atoms with Crippen molar-refractivity contribution in [3.05, 3.63) is 59.7 Å². The molecule has 0 aromatic heterocycles. The highest BCUT2D eigenvalue weighted by Gasteiger charge is 2.17. The lowest BCUT2D eigenvalue weighted by atomic mass is 9.96. The third-order valence-electron chi connectivity index (χ3n) is 4.08. The topological polar surface area (TPSA) is 47.6 Å². The summed E-state index contributed by atoms with van der Waals surface area (Å²) in [5, 5.41) is 3.17. The Labute approximate surface area is 150 Å². The van der Waals surface area contributed by atoms with Crippen molar-refractivity contribution in [1.82, 2.24) is 5.32 Å². The van der Waals surface area contributed by atoms with Crippen LogP contribution in [0, 0.1) is 5.92 Å². The Morgan fingerprint density at radius 3 is 2.36 bits per heavy atom. The summed E-state index contributed by atoms with van der Waals surface area (Å²) >= 11 is 0. The van der Waals surface area contributed by atoms with E-state index in [0.717, 1.165) is 17.5 Å². The van der Waals surface area contributed by atoms with Crippen LogP contribution < -0.4 is 14.8 Å². The molecule has 25 heavy (non-hydrogen) atoms. The first-order chi connectivity index (χ1) is 12.0. The zero-order valence-electron chi connectivity index (χ0n) is 15.4. The van der Waals surface area contributed by atoms with Gasteiger partial charge in [0, 0.05) is 5.56 Å². The van der Waals surface area contributed by atoms with Crippen molar-refractivity contribution < 1.29 is 14.3 Å². The number of amides is 1. The first-order valence-electron chi connectivity index (χ1n) is 8.58. The lowest BCUT2D eigenvalue weighted by Gasteiger charge is -2.21. The molecule has 2 rings (SSSR count). The van der Waals surface area contributed by atoms with Crippen LogP contribution in [-0.4, -0.2) is 20.1 Å². The van der Waals surface area contributed by atoms with Crippen LogP contribution in [0.3, 0.4) is 0 Å². The van der Waals surface area contributed by atoms with Gasteiger partial charge in [-0.3, -0.25) is 4.79 Å². The van der Waals surface area contributed by atoms with Crippen molar-refractivity contribution in [3.63, 3.8) is 0 Å². The number of hydrogen-bond donors (Lipinski definition) is 1. The number of carbonyl (C=O) groups is 1. The summed E-state index contributed by atoms with van der Waals surface area (Å²) in [5.41, 5.74) is 1.94. The van der Waals surface area contributed by atoms with Crippen LogP contribution >= 0.6 is 0 Å². The molecule has 1 N–H and O–H groups in total. The molecule has 0 bridgehead atoms. The van der Waals surface area contributed by atoms with Crippen LogP contribution in [0.1, 0.15) is 37.4 Å². The maximum absolute atomic E-state index is 12.6. The molecule has 1 unspecified atom stereocenters. The molecular formula is C21H27NO3. The Bertz CT molecular complexity index is 683. The molecule has 0 fully saturated rings. The van der Waals surface area contributed by atoms with Gasteiger partial charge in [0.2, 0.25) is 5.91 Å². The summed E-state index contributed by atoms with van der Waals surface area (Å²) in [6.45, 7) is 4.32. The molecule has 0 heterocycles. The average Bonchev–Trinajstić information content (AvgIpc) is 2.61. The van der Waals surface area contributed by atoms with E-state index >= 15 is 0 Å². The van der Waals surface area contributed by atoms with Crippen LogP contribution in [0.2, 0.25) is 0 Å². The highest BCUT2D eigenvalue weighted by atomic mass is 16.5. The van der Waals surface area contributed by atoms with E-state index in [0.29, 0.717) is 17.4 Å². The molecule has 2 aromatic carbocycles. The van der Waals surface area contributed by atoms with Gasteiger partial charge in [-0.1, -0.05) is 44.2 Å². The summed E-state index contributed by atoms with van der Waals surface area (Å²) in [5.74, 6) is 1.86. The van der Waals surface area contributed by atoms with Crippen molar-refractivity contribution >= 4 is 5.91 Å². The minimum Gasteiger partial charge on any atom is -0.497 e. The van der Waals surface area contributed by atoms with E-state index in [1.807, 2.05) is 36.4 Å². The highest BCUT2D eigenvalue weighted by molar-refractivity contribution is 5.80. The zero-order valence-corrected chi connectivity index (χ0v) is 15.4. The lowest BCUT2D eigenvalue weighted by molar-refractivity contribution is -0.121. The number of benzene rings is 2. The Balaban J connectivity index is 2.13. The second-order valence-corrected chi connectivity index (χ2v) is 6.51. The number of carbonyl (C=O) groups excluding carboxylic acids is 1. The van der Waals surface area contributed by atoms with Crippen molar-refractivity contribution in [3.8, 4) is 11.5 Å². The maximum atomic E-state index is 12.6. The van der Waals surface area contributed by atoms with E-state index in [1.165, 1.54) is 0 Å². The van der Waals surface area contributed by atoms with Gasteiger partial charge in [-0.2, -0.15) is 0 Å². The van der Waals surface area contributed by atoms with Gasteiger partial charge in [0.25, 0.3) is 0 Å². The van der Waals surface area contributed by atoms with E-state index in [2.05, 4.69) is 31.3 Å². The van der Waals surface area contributed by atoms with Crippen LogP contribution in [0.15, 0.2) is 48.5 Å². The fourth-order valence-corrected chi connectivity index (χ4v) is 2.87. The normalized spacial score (nSPS) is 11.9. The first kappa shape index (κ1) is 18.8. The monoisotopic (exact) mass is 341 g/mol. The SMILES string of the molecule is COc1ccc(OC)c(CC(=O)NC(CC(C)C)c2ccccc2)c1. The third kappa shape index (κ3) is 5.52. The van der Waals surface area contributed by atoms with Crippen molar-refractivity contribution in [2.45, 2.75) is 32.7 Å².